The number of aromatic nitrogens is 2. The summed E-state index contributed by atoms with van der Waals surface area (Å²) in [4.78, 5) is 28.6. The lowest BCUT2D eigenvalue weighted by atomic mass is 9.99. The lowest BCUT2D eigenvalue weighted by Gasteiger charge is -2.30. The number of hydrogen-bond donors (Lipinski definition) is 0. The monoisotopic (exact) mass is 417 g/mol. The van der Waals surface area contributed by atoms with Crippen molar-refractivity contribution in [3.8, 4) is 11.3 Å². The van der Waals surface area contributed by atoms with Gasteiger partial charge in [0.15, 0.2) is 5.78 Å². The summed E-state index contributed by atoms with van der Waals surface area (Å²) in [7, 11) is 1.62. The van der Waals surface area contributed by atoms with Gasteiger partial charge in [-0.2, -0.15) is 5.10 Å². The highest BCUT2D eigenvalue weighted by atomic mass is 19.1. The van der Waals surface area contributed by atoms with E-state index in [-0.39, 0.29) is 17.2 Å². The molecule has 0 unspecified atom stereocenters. The molecular formula is C25H24FN3O2. The smallest absolute Gasteiger partial charge is 0.290 e. The number of carbonyl (C=O) groups is 1. The predicted octanol–water partition coefficient (Wildman–Crippen LogP) is 4.47. The number of piperidine rings is 1. The first-order valence-electron chi connectivity index (χ1n) is 10.4. The van der Waals surface area contributed by atoms with Crippen LogP contribution in [0.4, 0.5) is 10.1 Å². The maximum absolute atomic E-state index is 13.4. The van der Waals surface area contributed by atoms with Crippen molar-refractivity contribution in [3.05, 3.63) is 88.0 Å². The molecule has 1 aliphatic rings. The number of nitrogens with zero attached hydrogens (tertiary/aromatic N) is 3. The second-order valence-corrected chi connectivity index (χ2v) is 7.66. The molecule has 6 heteroatoms. The molecule has 31 heavy (non-hydrogen) atoms. The van der Waals surface area contributed by atoms with Crippen LogP contribution < -0.4 is 10.5 Å². The molecule has 2 aromatic carbocycles. The number of rotatable bonds is 5. The minimum Gasteiger partial charge on any atom is -0.366 e. The van der Waals surface area contributed by atoms with E-state index in [9.17, 15) is 14.0 Å². The quantitative estimate of drug-likeness (QED) is 0.454. The minimum absolute atomic E-state index is 0.278. The fourth-order valence-electron chi connectivity index (χ4n) is 3.89. The number of anilines is 1. The normalized spacial score (nSPS) is 14.2. The fraction of sp³-hybridized carbons (Fsp3) is 0.240. The standard InChI is InChI=1S/C25H24FN3O2/c1-28-25(31)24(29-16-6-3-7-17-29)22(23(27-28)19-8-4-2-5-9-19)21(30)15-12-18-10-13-20(26)14-11-18/h2,4-5,8-15H,3,6-7,16-17H2,1H3. The van der Waals surface area contributed by atoms with Crippen molar-refractivity contribution < 1.29 is 9.18 Å². The minimum atomic E-state index is -0.335. The van der Waals surface area contributed by atoms with E-state index in [1.807, 2.05) is 35.2 Å². The van der Waals surface area contributed by atoms with Gasteiger partial charge in [-0.1, -0.05) is 48.5 Å². The summed E-state index contributed by atoms with van der Waals surface area (Å²) in [5.74, 6) is -0.632. The van der Waals surface area contributed by atoms with E-state index in [2.05, 4.69) is 5.10 Å². The van der Waals surface area contributed by atoms with Crippen LogP contribution in [0.2, 0.25) is 0 Å². The van der Waals surface area contributed by atoms with Gasteiger partial charge in [0.1, 0.15) is 17.2 Å². The van der Waals surface area contributed by atoms with Gasteiger partial charge in [0, 0.05) is 25.7 Å². The van der Waals surface area contributed by atoms with Crippen molar-refractivity contribution in [1.29, 1.82) is 0 Å². The highest BCUT2D eigenvalue weighted by Crippen LogP contribution is 2.29. The highest BCUT2D eigenvalue weighted by Gasteiger charge is 2.26. The summed E-state index contributed by atoms with van der Waals surface area (Å²) < 4.78 is 14.5. The summed E-state index contributed by atoms with van der Waals surface area (Å²) in [5, 5.41) is 4.46. The summed E-state index contributed by atoms with van der Waals surface area (Å²) in [5.41, 5.74) is 2.40. The molecule has 1 aliphatic heterocycles. The van der Waals surface area contributed by atoms with Crippen molar-refractivity contribution in [3.63, 3.8) is 0 Å². The third-order valence-electron chi connectivity index (χ3n) is 5.48. The number of ketones is 1. The van der Waals surface area contributed by atoms with Gasteiger partial charge in [0.05, 0.1) is 5.56 Å². The van der Waals surface area contributed by atoms with Gasteiger partial charge in [-0.15, -0.1) is 0 Å². The lowest BCUT2D eigenvalue weighted by molar-refractivity contribution is 0.104. The number of aryl methyl sites for hydroxylation is 1. The van der Waals surface area contributed by atoms with Crippen LogP contribution in [0.5, 0.6) is 0 Å². The average molecular weight is 417 g/mol. The molecular weight excluding hydrogens is 393 g/mol. The zero-order valence-electron chi connectivity index (χ0n) is 17.4. The number of allylic oxidation sites excluding steroid dienone is 1. The Morgan fingerprint density at radius 2 is 1.68 bits per heavy atom. The zero-order chi connectivity index (χ0) is 21.8. The van der Waals surface area contributed by atoms with E-state index in [4.69, 9.17) is 0 Å². The van der Waals surface area contributed by atoms with Crippen molar-refractivity contribution >= 4 is 17.5 Å². The van der Waals surface area contributed by atoms with E-state index < -0.39 is 0 Å². The van der Waals surface area contributed by atoms with Crippen molar-refractivity contribution in [1.82, 2.24) is 9.78 Å². The molecule has 0 N–H and O–H groups in total. The van der Waals surface area contributed by atoms with Gasteiger partial charge in [-0.3, -0.25) is 9.59 Å². The van der Waals surface area contributed by atoms with Crippen LogP contribution >= 0.6 is 0 Å². The lowest BCUT2D eigenvalue weighted by Crippen LogP contribution is -2.38. The molecule has 3 aromatic rings. The SMILES string of the molecule is Cn1nc(-c2ccccc2)c(C(=O)C=Cc2ccc(F)cc2)c(N2CCCCC2)c1=O. The van der Waals surface area contributed by atoms with Crippen LogP contribution in [0.15, 0.2) is 65.5 Å². The Kier molecular flexibility index (Phi) is 6.07. The van der Waals surface area contributed by atoms with Gasteiger partial charge in [0.25, 0.3) is 5.56 Å². The Balaban J connectivity index is 1.86. The van der Waals surface area contributed by atoms with Gasteiger partial charge in [-0.25, -0.2) is 9.07 Å². The van der Waals surface area contributed by atoms with E-state index >= 15 is 0 Å². The van der Waals surface area contributed by atoms with E-state index in [0.717, 1.165) is 37.9 Å². The second kappa shape index (κ2) is 9.08. The van der Waals surface area contributed by atoms with Gasteiger partial charge < -0.3 is 4.90 Å². The molecule has 158 valence electrons. The molecule has 5 nitrogen and oxygen atoms in total. The van der Waals surface area contributed by atoms with Gasteiger partial charge in [-0.05, 0) is 43.0 Å². The predicted molar refractivity (Wildman–Crippen MR) is 121 cm³/mol. The molecule has 4 rings (SSSR count). The first-order valence-corrected chi connectivity index (χ1v) is 10.4. The Hall–Kier alpha value is -3.54. The van der Waals surface area contributed by atoms with Crippen molar-refractivity contribution in [2.75, 3.05) is 18.0 Å². The van der Waals surface area contributed by atoms with Crippen LogP contribution in [0.3, 0.4) is 0 Å². The Morgan fingerprint density at radius 1 is 1.00 bits per heavy atom. The van der Waals surface area contributed by atoms with Gasteiger partial charge in [0.2, 0.25) is 0 Å². The number of carbonyl (C=O) groups excluding carboxylic acids is 1. The Morgan fingerprint density at radius 3 is 2.35 bits per heavy atom. The number of hydrogen-bond acceptors (Lipinski definition) is 4. The second-order valence-electron chi connectivity index (χ2n) is 7.66. The number of benzene rings is 2. The van der Waals surface area contributed by atoms with Crippen LogP contribution in [0.1, 0.15) is 35.2 Å². The zero-order valence-corrected chi connectivity index (χ0v) is 17.4. The van der Waals surface area contributed by atoms with Crippen LogP contribution in [-0.4, -0.2) is 28.7 Å². The maximum Gasteiger partial charge on any atom is 0.290 e. The average Bonchev–Trinajstić information content (AvgIpc) is 2.81. The summed E-state index contributed by atoms with van der Waals surface area (Å²) in [6.07, 6.45) is 6.13. The van der Waals surface area contributed by atoms with E-state index in [1.54, 1.807) is 25.3 Å². The molecule has 0 amide bonds. The molecule has 0 spiro atoms. The first kappa shape index (κ1) is 20.7. The van der Waals surface area contributed by atoms with Gasteiger partial charge >= 0.3 is 0 Å². The Bertz CT molecular complexity index is 1160. The summed E-state index contributed by atoms with van der Waals surface area (Å²) in [6.45, 7) is 1.46. The molecule has 0 aliphatic carbocycles. The third-order valence-corrected chi connectivity index (χ3v) is 5.48. The third kappa shape index (κ3) is 4.48. The van der Waals surface area contributed by atoms with E-state index in [1.165, 1.54) is 22.9 Å². The molecule has 0 saturated carbocycles. The highest BCUT2D eigenvalue weighted by molar-refractivity contribution is 6.14. The largest absolute Gasteiger partial charge is 0.366 e. The number of halogens is 1. The summed E-state index contributed by atoms with van der Waals surface area (Å²) in [6, 6.07) is 15.3. The molecule has 1 fully saturated rings. The molecule has 0 radical (unpaired) electrons. The summed E-state index contributed by atoms with van der Waals surface area (Å²) >= 11 is 0. The Labute approximate surface area is 180 Å². The maximum atomic E-state index is 13.4. The van der Waals surface area contributed by atoms with Crippen LogP contribution in [0.25, 0.3) is 17.3 Å². The van der Waals surface area contributed by atoms with Crippen molar-refractivity contribution in [2.45, 2.75) is 19.3 Å². The van der Waals surface area contributed by atoms with Crippen LogP contribution in [-0.2, 0) is 7.05 Å². The molecule has 0 bridgehead atoms. The van der Waals surface area contributed by atoms with E-state index in [0.29, 0.717) is 22.5 Å². The van der Waals surface area contributed by atoms with Crippen molar-refractivity contribution in [2.24, 2.45) is 7.05 Å². The molecule has 0 atom stereocenters. The topological polar surface area (TPSA) is 55.2 Å². The molecule has 1 saturated heterocycles. The molecule has 2 heterocycles. The first-order chi connectivity index (χ1) is 15.0. The molecule has 1 aromatic heterocycles. The fourth-order valence-corrected chi connectivity index (χ4v) is 3.89. The van der Waals surface area contributed by atoms with Crippen LogP contribution in [0, 0.1) is 5.82 Å².